The highest BCUT2D eigenvalue weighted by Gasteiger charge is 2.22. The van der Waals surface area contributed by atoms with Gasteiger partial charge in [-0.05, 0) is 30.2 Å². The summed E-state index contributed by atoms with van der Waals surface area (Å²) in [4.78, 5) is 23.7. The number of hydrogen-bond donors (Lipinski definition) is 2. The molecule has 144 valence electrons. The van der Waals surface area contributed by atoms with Gasteiger partial charge in [0.15, 0.2) is 9.84 Å². The van der Waals surface area contributed by atoms with Crippen molar-refractivity contribution in [2.24, 2.45) is 0 Å². The summed E-state index contributed by atoms with van der Waals surface area (Å²) in [5.41, 5.74) is 0.768. The van der Waals surface area contributed by atoms with E-state index in [4.69, 9.17) is 0 Å². The number of sulfone groups is 1. The first-order valence-electron chi connectivity index (χ1n) is 8.74. The van der Waals surface area contributed by atoms with Gasteiger partial charge >= 0.3 is 5.97 Å². The summed E-state index contributed by atoms with van der Waals surface area (Å²) in [5, 5.41) is 11.7. The van der Waals surface area contributed by atoms with E-state index in [2.05, 4.69) is 5.32 Å². The molecule has 0 radical (unpaired) electrons. The molecule has 0 saturated carbocycles. The van der Waals surface area contributed by atoms with Crippen molar-refractivity contribution in [2.45, 2.75) is 42.9 Å². The van der Waals surface area contributed by atoms with Gasteiger partial charge < -0.3 is 10.4 Å². The second-order valence-electron chi connectivity index (χ2n) is 6.28. The summed E-state index contributed by atoms with van der Waals surface area (Å²) in [5.74, 6) is -1.88. The van der Waals surface area contributed by atoms with Gasteiger partial charge in [-0.2, -0.15) is 0 Å². The molecule has 7 heteroatoms. The Balaban J connectivity index is 2.18. The second-order valence-corrected chi connectivity index (χ2v) is 8.27. The van der Waals surface area contributed by atoms with Crippen LogP contribution < -0.4 is 5.32 Å². The van der Waals surface area contributed by atoms with Gasteiger partial charge in [0.1, 0.15) is 6.04 Å². The highest BCUT2D eigenvalue weighted by atomic mass is 32.2. The van der Waals surface area contributed by atoms with Gasteiger partial charge in [0.2, 0.25) is 0 Å². The van der Waals surface area contributed by atoms with E-state index in [0.717, 1.165) is 6.42 Å². The van der Waals surface area contributed by atoms with Crippen LogP contribution in [-0.2, 0) is 20.4 Å². The molecule has 0 aliphatic carbocycles. The first kappa shape index (κ1) is 20.6. The predicted octanol–water partition coefficient (Wildman–Crippen LogP) is 3.03. The van der Waals surface area contributed by atoms with Gasteiger partial charge in [-0.3, -0.25) is 4.79 Å². The van der Waals surface area contributed by atoms with E-state index in [1.54, 1.807) is 30.3 Å². The number of hydrogen-bond acceptors (Lipinski definition) is 4. The van der Waals surface area contributed by atoms with E-state index in [-0.39, 0.29) is 16.2 Å². The number of aliphatic carboxylic acids is 1. The van der Waals surface area contributed by atoms with Gasteiger partial charge in [0.05, 0.1) is 10.6 Å². The molecule has 0 bridgehead atoms. The van der Waals surface area contributed by atoms with Gasteiger partial charge in [0, 0.05) is 5.56 Å². The minimum Gasteiger partial charge on any atom is -0.480 e. The molecule has 2 aromatic rings. The predicted molar refractivity (Wildman–Crippen MR) is 102 cm³/mol. The van der Waals surface area contributed by atoms with E-state index < -0.39 is 27.8 Å². The highest BCUT2D eigenvalue weighted by molar-refractivity contribution is 7.90. The lowest BCUT2D eigenvalue weighted by molar-refractivity contribution is -0.139. The molecular formula is C20H23NO5S. The monoisotopic (exact) mass is 389 g/mol. The van der Waals surface area contributed by atoms with Crippen LogP contribution in [-0.4, -0.2) is 31.4 Å². The van der Waals surface area contributed by atoms with Crippen molar-refractivity contribution >= 4 is 21.7 Å². The smallest absolute Gasteiger partial charge is 0.326 e. The Bertz CT molecular complexity index is 894. The maximum atomic E-state index is 12.6. The molecule has 1 amide bonds. The fourth-order valence-electron chi connectivity index (χ4n) is 2.61. The standard InChI is InChI=1S/C20H23NO5S/c1-2-3-12-18(20(23)24)21-19(22)16-10-7-11-17(13-16)27(25,26)14-15-8-5-4-6-9-15/h4-11,13,18H,2-3,12,14H2,1H3,(H,21,22)(H,23,24). The van der Waals surface area contributed by atoms with Crippen LogP contribution in [0.15, 0.2) is 59.5 Å². The minimum atomic E-state index is -3.62. The molecule has 27 heavy (non-hydrogen) atoms. The molecule has 0 aromatic heterocycles. The van der Waals surface area contributed by atoms with E-state index in [0.29, 0.717) is 18.4 Å². The molecule has 0 fully saturated rings. The normalized spacial score (nSPS) is 12.3. The van der Waals surface area contributed by atoms with Crippen molar-refractivity contribution in [2.75, 3.05) is 0 Å². The Morgan fingerprint density at radius 2 is 1.78 bits per heavy atom. The van der Waals surface area contributed by atoms with Crippen LogP contribution in [0, 0.1) is 0 Å². The zero-order chi connectivity index (χ0) is 19.9. The Labute approximate surface area is 159 Å². The molecule has 2 rings (SSSR count). The summed E-state index contributed by atoms with van der Waals surface area (Å²) >= 11 is 0. The minimum absolute atomic E-state index is 0.0273. The fraction of sp³-hybridized carbons (Fsp3) is 0.300. The Hall–Kier alpha value is -2.67. The van der Waals surface area contributed by atoms with Crippen molar-refractivity contribution < 1.29 is 23.1 Å². The summed E-state index contributed by atoms with van der Waals surface area (Å²) in [6, 6.07) is 13.4. The molecule has 0 heterocycles. The van der Waals surface area contributed by atoms with Crippen molar-refractivity contribution in [3.63, 3.8) is 0 Å². The summed E-state index contributed by atoms with van der Waals surface area (Å²) < 4.78 is 25.2. The third-order valence-electron chi connectivity index (χ3n) is 4.10. The molecule has 0 aliphatic heterocycles. The quantitative estimate of drug-likeness (QED) is 0.686. The van der Waals surface area contributed by atoms with Crippen LogP contribution >= 0.6 is 0 Å². The average molecular weight is 389 g/mol. The van der Waals surface area contributed by atoms with Gasteiger partial charge in [-0.1, -0.05) is 56.2 Å². The van der Waals surface area contributed by atoms with Crippen molar-refractivity contribution in [3.8, 4) is 0 Å². The first-order chi connectivity index (χ1) is 12.8. The Kier molecular flexibility index (Phi) is 7.12. The zero-order valence-electron chi connectivity index (χ0n) is 15.1. The molecule has 6 nitrogen and oxygen atoms in total. The number of rotatable bonds is 9. The molecular weight excluding hydrogens is 366 g/mol. The molecule has 0 saturated heterocycles. The van der Waals surface area contributed by atoms with Crippen molar-refractivity contribution in [1.29, 1.82) is 0 Å². The topological polar surface area (TPSA) is 101 Å². The number of carbonyl (C=O) groups is 2. The number of benzene rings is 2. The van der Waals surface area contributed by atoms with E-state index in [1.807, 2.05) is 6.92 Å². The van der Waals surface area contributed by atoms with Crippen molar-refractivity contribution in [1.82, 2.24) is 5.32 Å². The number of carboxylic acid groups (broad SMARTS) is 1. The summed E-state index contributed by atoms with van der Waals surface area (Å²) in [6.45, 7) is 1.93. The molecule has 1 atom stereocenters. The van der Waals surface area contributed by atoms with Gasteiger partial charge in [-0.15, -0.1) is 0 Å². The highest BCUT2D eigenvalue weighted by Crippen LogP contribution is 2.18. The lowest BCUT2D eigenvalue weighted by Gasteiger charge is -2.14. The lowest BCUT2D eigenvalue weighted by atomic mass is 10.1. The summed E-state index contributed by atoms with van der Waals surface area (Å²) in [6.07, 6.45) is 1.80. The van der Waals surface area contributed by atoms with Gasteiger partial charge in [-0.25, -0.2) is 13.2 Å². The van der Waals surface area contributed by atoms with E-state index in [9.17, 15) is 23.1 Å². The van der Waals surface area contributed by atoms with Gasteiger partial charge in [0.25, 0.3) is 5.91 Å². The molecule has 2 N–H and O–H groups in total. The number of carboxylic acids is 1. The largest absolute Gasteiger partial charge is 0.480 e. The summed E-state index contributed by atoms with van der Waals surface area (Å²) in [7, 11) is -3.62. The van der Waals surface area contributed by atoms with Crippen LogP contribution in [0.2, 0.25) is 0 Å². The van der Waals surface area contributed by atoms with Crippen molar-refractivity contribution in [3.05, 3.63) is 65.7 Å². The Morgan fingerprint density at radius 3 is 2.41 bits per heavy atom. The first-order valence-corrected chi connectivity index (χ1v) is 10.4. The Morgan fingerprint density at radius 1 is 1.07 bits per heavy atom. The molecule has 2 aromatic carbocycles. The SMILES string of the molecule is CCCCC(NC(=O)c1cccc(S(=O)(=O)Cc2ccccc2)c1)C(=O)O. The lowest BCUT2D eigenvalue weighted by Crippen LogP contribution is -2.40. The van der Waals surface area contributed by atoms with Crippen LogP contribution in [0.5, 0.6) is 0 Å². The number of nitrogens with one attached hydrogen (secondary N) is 1. The maximum absolute atomic E-state index is 12.6. The fourth-order valence-corrected chi connectivity index (χ4v) is 4.01. The zero-order valence-corrected chi connectivity index (χ0v) is 15.9. The van der Waals surface area contributed by atoms with Crippen LogP contribution in [0.3, 0.4) is 0 Å². The third-order valence-corrected chi connectivity index (χ3v) is 5.79. The van der Waals surface area contributed by atoms with E-state index in [1.165, 1.54) is 24.3 Å². The molecule has 0 aliphatic rings. The number of unbranched alkanes of at least 4 members (excludes halogenated alkanes) is 1. The van der Waals surface area contributed by atoms with Crippen LogP contribution in [0.4, 0.5) is 0 Å². The maximum Gasteiger partial charge on any atom is 0.326 e. The second kappa shape index (κ2) is 9.32. The van der Waals surface area contributed by atoms with Crippen LogP contribution in [0.25, 0.3) is 0 Å². The number of carbonyl (C=O) groups excluding carboxylic acids is 1. The van der Waals surface area contributed by atoms with Crippen LogP contribution in [0.1, 0.15) is 42.1 Å². The average Bonchev–Trinajstić information content (AvgIpc) is 2.65. The molecule has 1 unspecified atom stereocenters. The van der Waals surface area contributed by atoms with E-state index >= 15 is 0 Å². The number of amides is 1. The molecule has 0 spiro atoms. The third kappa shape index (κ3) is 5.92.